The van der Waals surface area contributed by atoms with E-state index in [0.29, 0.717) is 0 Å². The Kier molecular flexibility index (Phi) is 4.51. The summed E-state index contributed by atoms with van der Waals surface area (Å²) in [5.41, 5.74) is 1.25. The van der Waals surface area contributed by atoms with Crippen LogP contribution in [0, 0.1) is 0 Å². The molecule has 0 spiro atoms. The summed E-state index contributed by atoms with van der Waals surface area (Å²) < 4.78 is 0. The molecule has 0 aliphatic heterocycles. The van der Waals surface area contributed by atoms with Crippen molar-refractivity contribution in [3.8, 4) is 0 Å². The zero-order chi connectivity index (χ0) is 8.81. The lowest BCUT2D eigenvalue weighted by Gasteiger charge is -1.99. The van der Waals surface area contributed by atoms with E-state index in [1.54, 1.807) is 11.8 Å². The molecule has 0 fully saturated rings. The van der Waals surface area contributed by atoms with Crippen molar-refractivity contribution in [1.29, 1.82) is 0 Å². The first-order valence-corrected chi connectivity index (χ1v) is 5.29. The highest BCUT2D eigenvalue weighted by molar-refractivity contribution is 7.98. The van der Waals surface area contributed by atoms with Gasteiger partial charge in [-0.25, -0.2) is 0 Å². The van der Waals surface area contributed by atoms with Crippen molar-refractivity contribution in [2.24, 2.45) is 0 Å². The summed E-state index contributed by atoms with van der Waals surface area (Å²) >= 11 is 7.45. The van der Waals surface area contributed by atoms with E-state index in [-0.39, 0.29) is 6.61 Å². The van der Waals surface area contributed by atoms with Crippen LogP contribution in [-0.4, -0.2) is 17.5 Å². The maximum absolute atomic E-state index is 8.55. The van der Waals surface area contributed by atoms with E-state index < -0.39 is 0 Å². The molecule has 0 heterocycles. The first-order chi connectivity index (χ1) is 5.83. The van der Waals surface area contributed by atoms with E-state index in [4.69, 9.17) is 16.7 Å². The highest BCUT2D eigenvalue weighted by Gasteiger charge is 1.92. The summed E-state index contributed by atoms with van der Waals surface area (Å²) in [5, 5.41) is 9.32. The second-order valence-electron chi connectivity index (χ2n) is 2.40. The smallest absolute Gasteiger partial charge is 0.0521 e. The second kappa shape index (κ2) is 5.46. The van der Waals surface area contributed by atoms with Crippen LogP contribution in [0.5, 0.6) is 0 Å². The minimum absolute atomic E-state index is 0.248. The number of aliphatic hydroxyl groups is 1. The van der Waals surface area contributed by atoms with Crippen LogP contribution in [0.25, 0.3) is 0 Å². The fraction of sp³-hybridized carbons (Fsp3) is 0.333. The minimum Gasteiger partial charge on any atom is -0.396 e. The Morgan fingerprint density at radius 3 is 2.50 bits per heavy atom. The van der Waals surface area contributed by atoms with E-state index in [1.165, 1.54) is 5.56 Å². The number of hydrogen-bond acceptors (Lipinski definition) is 2. The van der Waals surface area contributed by atoms with Gasteiger partial charge in [-0.3, -0.25) is 0 Å². The van der Waals surface area contributed by atoms with Crippen LogP contribution in [-0.2, 0) is 5.75 Å². The number of hydrogen-bond donors (Lipinski definition) is 1. The Morgan fingerprint density at radius 1 is 1.25 bits per heavy atom. The van der Waals surface area contributed by atoms with Gasteiger partial charge in [-0.2, -0.15) is 11.8 Å². The van der Waals surface area contributed by atoms with Crippen LogP contribution in [0.3, 0.4) is 0 Å². The molecule has 66 valence electrons. The Morgan fingerprint density at radius 2 is 1.92 bits per heavy atom. The molecular formula is C9H11ClOS. The highest BCUT2D eigenvalue weighted by atomic mass is 35.5. The standard InChI is InChI=1S/C9H11ClOS/c10-9-3-1-8(2-4-9)7-12-6-5-11/h1-4,11H,5-7H2. The van der Waals surface area contributed by atoms with Crippen molar-refractivity contribution in [3.63, 3.8) is 0 Å². The van der Waals surface area contributed by atoms with E-state index >= 15 is 0 Å². The summed E-state index contributed by atoms with van der Waals surface area (Å²) in [6.07, 6.45) is 0. The number of aliphatic hydroxyl groups excluding tert-OH is 1. The molecule has 0 amide bonds. The molecule has 0 radical (unpaired) electrons. The molecular weight excluding hydrogens is 192 g/mol. The summed E-state index contributed by atoms with van der Waals surface area (Å²) in [5.74, 6) is 1.74. The quantitative estimate of drug-likeness (QED) is 0.758. The number of halogens is 1. The summed E-state index contributed by atoms with van der Waals surface area (Å²) in [7, 11) is 0. The van der Waals surface area contributed by atoms with Crippen LogP contribution in [0.1, 0.15) is 5.56 Å². The first kappa shape index (κ1) is 9.90. The fourth-order valence-corrected chi connectivity index (χ4v) is 1.66. The fourth-order valence-electron chi connectivity index (χ4n) is 0.835. The lowest BCUT2D eigenvalue weighted by molar-refractivity contribution is 0.322. The highest BCUT2D eigenvalue weighted by Crippen LogP contribution is 2.14. The van der Waals surface area contributed by atoms with Gasteiger partial charge in [0.05, 0.1) is 6.61 Å². The van der Waals surface area contributed by atoms with E-state index in [2.05, 4.69) is 0 Å². The van der Waals surface area contributed by atoms with Crippen molar-refractivity contribution in [3.05, 3.63) is 34.9 Å². The van der Waals surface area contributed by atoms with Gasteiger partial charge in [0.15, 0.2) is 0 Å². The first-order valence-electron chi connectivity index (χ1n) is 3.76. The topological polar surface area (TPSA) is 20.2 Å². The van der Waals surface area contributed by atoms with Gasteiger partial charge in [-0.15, -0.1) is 0 Å². The maximum Gasteiger partial charge on any atom is 0.0521 e. The van der Waals surface area contributed by atoms with Crippen molar-refractivity contribution < 1.29 is 5.11 Å². The number of thioether (sulfide) groups is 1. The van der Waals surface area contributed by atoms with Gasteiger partial charge in [-0.1, -0.05) is 23.7 Å². The third-order valence-corrected chi connectivity index (χ3v) is 2.68. The van der Waals surface area contributed by atoms with Gasteiger partial charge >= 0.3 is 0 Å². The summed E-state index contributed by atoms with van der Waals surface area (Å²) in [6, 6.07) is 7.78. The predicted octanol–water partition coefficient (Wildman–Crippen LogP) is 2.57. The van der Waals surface area contributed by atoms with Gasteiger partial charge < -0.3 is 5.11 Å². The van der Waals surface area contributed by atoms with Crippen LogP contribution in [0.15, 0.2) is 24.3 Å². The van der Waals surface area contributed by atoms with Crippen LogP contribution >= 0.6 is 23.4 Å². The molecule has 1 aromatic rings. The van der Waals surface area contributed by atoms with Gasteiger partial charge in [-0.05, 0) is 17.7 Å². The molecule has 0 saturated carbocycles. The van der Waals surface area contributed by atoms with Gasteiger partial charge in [0.25, 0.3) is 0 Å². The molecule has 0 aliphatic rings. The summed E-state index contributed by atoms with van der Waals surface area (Å²) in [6.45, 7) is 0.248. The van der Waals surface area contributed by atoms with Crippen LogP contribution in [0.2, 0.25) is 5.02 Å². The number of benzene rings is 1. The van der Waals surface area contributed by atoms with Gasteiger partial charge in [0.1, 0.15) is 0 Å². The minimum atomic E-state index is 0.248. The molecule has 0 unspecified atom stereocenters. The van der Waals surface area contributed by atoms with Crippen molar-refractivity contribution >= 4 is 23.4 Å². The van der Waals surface area contributed by atoms with E-state index in [0.717, 1.165) is 16.5 Å². The Hall–Kier alpha value is -0.180. The second-order valence-corrected chi connectivity index (χ2v) is 3.94. The zero-order valence-electron chi connectivity index (χ0n) is 6.66. The largest absolute Gasteiger partial charge is 0.396 e. The molecule has 1 nitrogen and oxygen atoms in total. The molecule has 0 aromatic heterocycles. The molecule has 1 aromatic carbocycles. The van der Waals surface area contributed by atoms with Gasteiger partial charge in [0, 0.05) is 16.5 Å². The predicted molar refractivity (Wildman–Crippen MR) is 54.7 cm³/mol. The molecule has 3 heteroatoms. The van der Waals surface area contributed by atoms with Crippen LogP contribution in [0.4, 0.5) is 0 Å². The normalized spacial score (nSPS) is 10.2. The average molecular weight is 203 g/mol. The Balaban J connectivity index is 2.37. The monoisotopic (exact) mass is 202 g/mol. The summed E-state index contributed by atoms with van der Waals surface area (Å²) in [4.78, 5) is 0. The average Bonchev–Trinajstić information content (AvgIpc) is 2.09. The molecule has 12 heavy (non-hydrogen) atoms. The van der Waals surface area contributed by atoms with Crippen molar-refractivity contribution in [1.82, 2.24) is 0 Å². The lowest BCUT2D eigenvalue weighted by atomic mass is 10.2. The third-order valence-electron chi connectivity index (χ3n) is 1.42. The maximum atomic E-state index is 8.55. The molecule has 0 bridgehead atoms. The molecule has 0 aliphatic carbocycles. The van der Waals surface area contributed by atoms with Gasteiger partial charge in [0.2, 0.25) is 0 Å². The molecule has 1 N–H and O–H groups in total. The number of rotatable bonds is 4. The molecule has 1 rings (SSSR count). The lowest BCUT2D eigenvalue weighted by Crippen LogP contribution is -1.87. The Bertz CT molecular complexity index is 222. The van der Waals surface area contributed by atoms with E-state index in [9.17, 15) is 0 Å². The van der Waals surface area contributed by atoms with E-state index in [1.807, 2.05) is 24.3 Å². The zero-order valence-corrected chi connectivity index (χ0v) is 8.24. The Labute approximate surface area is 81.7 Å². The molecule has 0 atom stereocenters. The van der Waals surface area contributed by atoms with Crippen molar-refractivity contribution in [2.75, 3.05) is 12.4 Å². The third kappa shape index (κ3) is 3.48. The van der Waals surface area contributed by atoms with Crippen LogP contribution < -0.4 is 0 Å². The molecule has 0 saturated heterocycles. The van der Waals surface area contributed by atoms with Crippen molar-refractivity contribution in [2.45, 2.75) is 5.75 Å². The SMILES string of the molecule is OCCSCc1ccc(Cl)cc1.